The minimum atomic E-state index is -0.801. The van der Waals surface area contributed by atoms with Crippen LogP contribution in [0.1, 0.15) is 45.6 Å². The lowest BCUT2D eigenvalue weighted by atomic mass is 9.96. The Morgan fingerprint density at radius 3 is 2.84 bits per heavy atom. The van der Waals surface area contributed by atoms with E-state index in [2.05, 4.69) is 19.2 Å². The van der Waals surface area contributed by atoms with Gasteiger partial charge in [-0.15, -0.1) is 0 Å². The summed E-state index contributed by atoms with van der Waals surface area (Å²) in [6.45, 7) is 7.35. The van der Waals surface area contributed by atoms with Gasteiger partial charge in [0, 0.05) is 19.5 Å². The summed E-state index contributed by atoms with van der Waals surface area (Å²) in [6.07, 6.45) is 1.88. The average Bonchev–Trinajstić information content (AvgIpc) is 3.14. The van der Waals surface area contributed by atoms with Crippen LogP contribution in [0.15, 0.2) is 18.2 Å². The largest absolute Gasteiger partial charge is 0.454 e. The summed E-state index contributed by atoms with van der Waals surface area (Å²) in [7, 11) is 0. The summed E-state index contributed by atoms with van der Waals surface area (Å²) >= 11 is 0. The van der Waals surface area contributed by atoms with E-state index in [1.54, 1.807) is 4.90 Å². The first-order valence-electron chi connectivity index (χ1n) is 8.87. The highest BCUT2D eigenvalue weighted by Gasteiger charge is 2.47. The molecule has 0 aromatic heterocycles. The van der Waals surface area contributed by atoms with Gasteiger partial charge in [0.05, 0.1) is 0 Å². The van der Waals surface area contributed by atoms with E-state index in [4.69, 9.17) is 9.47 Å². The number of benzene rings is 1. The molecule has 0 unspecified atom stereocenters. The second-order valence-electron chi connectivity index (χ2n) is 7.38. The van der Waals surface area contributed by atoms with Gasteiger partial charge in [-0.1, -0.05) is 19.9 Å². The van der Waals surface area contributed by atoms with E-state index in [9.17, 15) is 9.59 Å². The van der Waals surface area contributed by atoms with Crippen LogP contribution in [0.25, 0.3) is 0 Å². The first-order chi connectivity index (χ1) is 11.9. The minimum absolute atomic E-state index is 0.0131. The van der Waals surface area contributed by atoms with Crippen LogP contribution < -0.4 is 14.8 Å². The van der Waals surface area contributed by atoms with Gasteiger partial charge in [0.25, 0.3) is 0 Å². The highest BCUT2D eigenvalue weighted by molar-refractivity contribution is 5.94. The Labute approximate surface area is 148 Å². The van der Waals surface area contributed by atoms with Gasteiger partial charge in [-0.25, -0.2) is 0 Å². The van der Waals surface area contributed by atoms with E-state index in [0.717, 1.165) is 12.0 Å². The number of ether oxygens (including phenoxy) is 2. The Morgan fingerprint density at radius 2 is 2.08 bits per heavy atom. The van der Waals surface area contributed by atoms with E-state index >= 15 is 0 Å². The Balaban J connectivity index is 1.71. The third kappa shape index (κ3) is 3.57. The first kappa shape index (κ1) is 17.6. The molecule has 1 fully saturated rings. The number of amides is 2. The highest BCUT2D eigenvalue weighted by atomic mass is 16.7. The second kappa shape index (κ2) is 6.94. The third-order valence-electron chi connectivity index (χ3n) is 5.00. The van der Waals surface area contributed by atoms with Crippen LogP contribution in [0.4, 0.5) is 0 Å². The molecule has 2 heterocycles. The summed E-state index contributed by atoms with van der Waals surface area (Å²) in [6, 6.07) is 5.64. The lowest BCUT2D eigenvalue weighted by Gasteiger charge is -2.34. The predicted molar refractivity (Wildman–Crippen MR) is 93.2 cm³/mol. The number of nitrogens with zero attached hydrogens (tertiary/aromatic N) is 1. The van der Waals surface area contributed by atoms with Crippen molar-refractivity contribution in [3.05, 3.63) is 23.8 Å². The number of fused-ring (bicyclic) bond motifs is 1. The summed E-state index contributed by atoms with van der Waals surface area (Å²) in [4.78, 5) is 26.8. The van der Waals surface area contributed by atoms with Gasteiger partial charge < -0.3 is 19.7 Å². The molecular formula is C19H26N2O4. The Bertz CT molecular complexity index is 673. The molecule has 1 aromatic carbocycles. The zero-order valence-corrected chi connectivity index (χ0v) is 15.1. The average molecular weight is 346 g/mol. The van der Waals surface area contributed by atoms with Crippen LogP contribution in [0.5, 0.6) is 11.5 Å². The quantitative estimate of drug-likeness (QED) is 0.859. The minimum Gasteiger partial charge on any atom is -0.454 e. The second-order valence-corrected chi connectivity index (χ2v) is 7.38. The molecule has 1 N–H and O–H groups in total. The molecule has 2 aliphatic heterocycles. The molecule has 6 nitrogen and oxygen atoms in total. The van der Waals surface area contributed by atoms with Crippen molar-refractivity contribution in [3.8, 4) is 11.5 Å². The fourth-order valence-electron chi connectivity index (χ4n) is 3.28. The van der Waals surface area contributed by atoms with Gasteiger partial charge in [0.2, 0.25) is 18.6 Å². The van der Waals surface area contributed by atoms with Crippen LogP contribution in [-0.2, 0) is 16.1 Å². The molecule has 25 heavy (non-hydrogen) atoms. The van der Waals surface area contributed by atoms with E-state index in [-0.39, 0.29) is 18.6 Å². The molecule has 0 spiro atoms. The fourth-order valence-corrected chi connectivity index (χ4v) is 3.28. The van der Waals surface area contributed by atoms with Gasteiger partial charge in [0.1, 0.15) is 5.54 Å². The van der Waals surface area contributed by atoms with Crippen LogP contribution in [0.2, 0.25) is 0 Å². The highest BCUT2D eigenvalue weighted by Crippen LogP contribution is 2.36. The molecule has 136 valence electrons. The standard InChI is InChI=1S/C19H26N2O4/c1-13(2)7-9-20-18(23)19(3)8-6-17(22)21(19)11-14-4-5-15-16(10-14)25-12-24-15/h4-5,10,13H,6-9,11-12H2,1-3H3,(H,20,23)/t19-/m1/s1. The molecule has 0 saturated carbocycles. The first-order valence-corrected chi connectivity index (χ1v) is 8.87. The predicted octanol–water partition coefficient (Wildman–Crippen LogP) is 2.46. The monoisotopic (exact) mass is 346 g/mol. The number of hydrogen-bond acceptors (Lipinski definition) is 4. The van der Waals surface area contributed by atoms with Crippen molar-refractivity contribution >= 4 is 11.8 Å². The van der Waals surface area contributed by atoms with Crippen molar-refractivity contribution in [2.75, 3.05) is 13.3 Å². The van der Waals surface area contributed by atoms with Gasteiger partial charge in [-0.05, 0) is 43.4 Å². The van der Waals surface area contributed by atoms with Crippen molar-refractivity contribution in [2.45, 2.75) is 52.1 Å². The van der Waals surface area contributed by atoms with Crippen LogP contribution in [0.3, 0.4) is 0 Å². The molecule has 1 aromatic rings. The molecule has 3 rings (SSSR count). The Hall–Kier alpha value is -2.24. The lowest BCUT2D eigenvalue weighted by Crippen LogP contribution is -2.54. The van der Waals surface area contributed by atoms with Gasteiger partial charge in [-0.3, -0.25) is 9.59 Å². The van der Waals surface area contributed by atoms with Crippen molar-refractivity contribution in [1.29, 1.82) is 0 Å². The summed E-state index contributed by atoms with van der Waals surface area (Å²) in [5.41, 5.74) is 0.130. The maximum atomic E-state index is 12.7. The zero-order valence-electron chi connectivity index (χ0n) is 15.1. The number of hydrogen-bond donors (Lipinski definition) is 1. The molecule has 1 atom stereocenters. The molecule has 6 heteroatoms. The Morgan fingerprint density at radius 1 is 1.32 bits per heavy atom. The zero-order chi connectivity index (χ0) is 18.0. The number of carbonyl (C=O) groups is 2. The van der Waals surface area contributed by atoms with Gasteiger partial charge >= 0.3 is 0 Å². The van der Waals surface area contributed by atoms with Gasteiger partial charge in [-0.2, -0.15) is 0 Å². The maximum Gasteiger partial charge on any atom is 0.245 e. The molecule has 2 aliphatic rings. The molecular weight excluding hydrogens is 320 g/mol. The van der Waals surface area contributed by atoms with E-state index in [1.807, 2.05) is 25.1 Å². The van der Waals surface area contributed by atoms with Crippen LogP contribution in [-0.4, -0.2) is 35.6 Å². The SMILES string of the molecule is CC(C)CCNC(=O)[C@@]1(C)CCC(=O)N1Cc1ccc2c(c1)OCO2. The smallest absolute Gasteiger partial charge is 0.245 e. The van der Waals surface area contributed by atoms with E-state index < -0.39 is 5.54 Å². The number of nitrogens with one attached hydrogen (secondary N) is 1. The molecule has 0 bridgehead atoms. The van der Waals surface area contributed by atoms with E-state index in [0.29, 0.717) is 43.3 Å². The van der Waals surface area contributed by atoms with E-state index in [1.165, 1.54) is 0 Å². The molecule has 1 saturated heterocycles. The maximum absolute atomic E-state index is 12.7. The fraction of sp³-hybridized carbons (Fsp3) is 0.579. The van der Waals surface area contributed by atoms with Crippen molar-refractivity contribution in [2.24, 2.45) is 5.92 Å². The number of rotatable bonds is 6. The summed E-state index contributed by atoms with van der Waals surface area (Å²) in [5.74, 6) is 1.87. The third-order valence-corrected chi connectivity index (χ3v) is 5.00. The number of likely N-dealkylation sites (tertiary alicyclic amines) is 1. The summed E-state index contributed by atoms with van der Waals surface area (Å²) in [5, 5.41) is 3.00. The topological polar surface area (TPSA) is 67.9 Å². The molecule has 2 amide bonds. The Kier molecular flexibility index (Phi) is 4.88. The van der Waals surface area contributed by atoms with Crippen LogP contribution in [0, 0.1) is 5.92 Å². The summed E-state index contributed by atoms with van der Waals surface area (Å²) < 4.78 is 10.7. The molecule has 0 aliphatic carbocycles. The van der Waals surface area contributed by atoms with Crippen LogP contribution >= 0.6 is 0 Å². The number of carbonyl (C=O) groups excluding carboxylic acids is 2. The van der Waals surface area contributed by atoms with Gasteiger partial charge in [0.15, 0.2) is 11.5 Å². The normalized spacial score (nSPS) is 21.9. The lowest BCUT2D eigenvalue weighted by molar-refractivity contribution is -0.141. The van der Waals surface area contributed by atoms with Crippen molar-refractivity contribution < 1.29 is 19.1 Å². The molecule has 0 radical (unpaired) electrons. The van der Waals surface area contributed by atoms with Crippen molar-refractivity contribution in [1.82, 2.24) is 10.2 Å². The van der Waals surface area contributed by atoms with Crippen molar-refractivity contribution in [3.63, 3.8) is 0 Å².